The molecule has 2 aromatic heterocycles. The molecule has 0 spiro atoms. The van der Waals surface area contributed by atoms with Crippen molar-refractivity contribution in [1.29, 1.82) is 0 Å². The molecule has 0 unspecified atom stereocenters. The summed E-state index contributed by atoms with van der Waals surface area (Å²) in [6.07, 6.45) is 1.42. The molecule has 6 nitrogen and oxygen atoms in total. The number of methoxy groups -OCH3 is 1. The number of nitrogens with one attached hydrogen (secondary N) is 1. The van der Waals surface area contributed by atoms with Crippen molar-refractivity contribution in [2.24, 2.45) is 0 Å². The van der Waals surface area contributed by atoms with E-state index in [2.05, 4.69) is 10.2 Å². The maximum Gasteiger partial charge on any atom is 0.260 e. The first kappa shape index (κ1) is 14.2. The van der Waals surface area contributed by atoms with Crippen molar-refractivity contribution in [3.63, 3.8) is 0 Å². The highest BCUT2D eigenvalue weighted by molar-refractivity contribution is 7.89. The van der Waals surface area contributed by atoms with Crippen molar-refractivity contribution in [3.05, 3.63) is 34.7 Å². The van der Waals surface area contributed by atoms with Crippen molar-refractivity contribution in [1.82, 2.24) is 14.5 Å². The Morgan fingerprint density at radius 1 is 1.47 bits per heavy atom. The molecule has 0 aliphatic rings. The highest BCUT2D eigenvalue weighted by atomic mass is 32.2. The van der Waals surface area contributed by atoms with E-state index in [4.69, 9.17) is 4.74 Å². The fourth-order valence-corrected chi connectivity index (χ4v) is 3.68. The molecule has 0 atom stereocenters. The minimum atomic E-state index is -3.56. The average molecular weight is 301 g/mol. The van der Waals surface area contributed by atoms with E-state index in [0.29, 0.717) is 19.7 Å². The van der Waals surface area contributed by atoms with Crippen molar-refractivity contribution in [2.45, 2.75) is 11.6 Å². The van der Waals surface area contributed by atoms with Crippen molar-refractivity contribution < 1.29 is 13.2 Å². The minimum absolute atomic E-state index is 0.0974. The third kappa shape index (κ3) is 3.41. The van der Waals surface area contributed by atoms with E-state index >= 15 is 0 Å². The monoisotopic (exact) mass is 301 g/mol. The van der Waals surface area contributed by atoms with Gasteiger partial charge in [0.25, 0.3) is 10.0 Å². The maximum absolute atomic E-state index is 12.4. The molecule has 0 aliphatic carbocycles. The van der Waals surface area contributed by atoms with Crippen LogP contribution < -0.4 is 0 Å². The van der Waals surface area contributed by atoms with Crippen LogP contribution in [0.15, 0.2) is 34.8 Å². The smallest absolute Gasteiger partial charge is 0.260 e. The highest BCUT2D eigenvalue weighted by Gasteiger charge is 2.25. The molecule has 0 fully saturated rings. The molecule has 0 radical (unpaired) electrons. The van der Waals surface area contributed by atoms with Crippen LogP contribution >= 0.6 is 11.3 Å². The summed E-state index contributed by atoms with van der Waals surface area (Å²) in [6, 6.07) is 5.26. The number of aromatic nitrogens is 2. The summed E-state index contributed by atoms with van der Waals surface area (Å²) >= 11 is 1.53. The zero-order chi connectivity index (χ0) is 13.7. The second kappa shape index (κ2) is 6.29. The number of hydrogen-bond acceptors (Lipinski definition) is 5. The van der Waals surface area contributed by atoms with Gasteiger partial charge in [0.05, 0.1) is 12.8 Å². The van der Waals surface area contributed by atoms with Gasteiger partial charge in [0.15, 0.2) is 5.03 Å². The molecule has 2 heterocycles. The van der Waals surface area contributed by atoms with Crippen LogP contribution in [0.25, 0.3) is 0 Å². The molecule has 0 saturated heterocycles. The highest BCUT2D eigenvalue weighted by Crippen LogP contribution is 2.18. The van der Waals surface area contributed by atoms with Gasteiger partial charge in [-0.05, 0) is 17.5 Å². The SMILES string of the molecule is COCCN(Cc1cccs1)S(=O)(=O)c1ccn[nH]1. The third-order valence-electron chi connectivity index (χ3n) is 2.55. The van der Waals surface area contributed by atoms with Crippen LogP contribution in [0.4, 0.5) is 0 Å². The molecule has 0 amide bonds. The van der Waals surface area contributed by atoms with Crippen LogP contribution in [-0.4, -0.2) is 43.2 Å². The Morgan fingerprint density at radius 3 is 2.89 bits per heavy atom. The summed E-state index contributed by atoms with van der Waals surface area (Å²) in [7, 11) is -2.02. The Balaban J connectivity index is 2.22. The fraction of sp³-hybridized carbons (Fsp3) is 0.364. The zero-order valence-corrected chi connectivity index (χ0v) is 12.1. The molecule has 104 valence electrons. The lowest BCUT2D eigenvalue weighted by Crippen LogP contribution is -2.33. The van der Waals surface area contributed by atoms with Crippen LogP contribution in [0.3, 0.4) is 0 Å². The summed E-state index contributed by atoms with van der Waals surface area (Å²) in [5.41, 5.74) is 0. The molecule has 19 heavy (non-hydrogen) atoms. The lowest BCUT2D eigenvalue weighted by atomic mass is 10.4. The predicted octanol–water partition coefficient (Wildman–Crippen LogP) is 1.31. The number of H-pyrrole nitrogens is 1. The standard InChI is InChI=1S/C11H15N3O3S2/c1-17-7-6-14(9-10-3-2-8-18-10)19(15,16)11-4-5-12-13-11/h2-5,8H,6-7,9H2,1H3,(H,12,13). The van der Waals surface area contributed by atoms with Crippen LogP contribution in [0.1, 0.15) is 4.88 Å². The first-order chi connectivity index (χ1) is 9.14. The summed E-state index contributed by atoms with van der Waals surface area (Å²) in [5.74, 6) is 0. The van der Waals surface area contributed by atoms with Gasteiger partial charge in [-0.25, -0.2) is 8.42 Å². The van der Waals surface area contributed by atoms with E-state index in [1.165, 1.54) is 27.9 Å². The molecule has 2 rings (SSSR count). The predicted molar refractivity (Wildman–Crippen MR) is 72.4 cm³/mol. The number of sulfonamides is 1. The second-order valence-electron chi connectivity index (χ2n) is 3.83. The number of rotatable bonds is 7. The Bertz CT molecular complexity index is 579. The van der Waals surface area contributed by atoms with Crippen LogP contribution in [0.2, 0.25) is 0 Å². The normalized spacial score (nSPS) is 12.1. The summed E-state index contributed by atoms with van der Waals surface area (Å²) in [4.78, 5) is 0.985. The molecule has 8 heteroatoms. The second-order valence-corrected chi connectivity index (χ2v) is 6.77. The van der Waals surface area contributed by atoms with E-state index in [9.17, 15) is 8.42 Å². The number of ether oxygens (including phenoxy) is 1. The molecule has 0 aliphatic heterocycles. The van der Waals surface area contributed by atoms with Crippen LogP contribution in [0, 0.1) is 0 Å². The van der Waals surface area contributed by atoms with E-state index < -0.39 is 10.0 Å². The van der Waals surface area contributed by atoms with Crippen molar-refractivity contribution >= 4 is 21.4 Å². The quantitative estimate of drug-likeness (QED) is 0.836. The summed E-state index contributed by atoms with van der Waals surface area (Å²) in [5, 5.41) is 8.21. The van der Waals surface area contributed by atoms with E-state index in [0.717, 1.165) is 4.88 Å². The van der Waals surface area contributed by atoms with Crippen molar-refractivity contribution in [3.8, 4) is 0 Å². The Hall–Kier alpha value is -1.22. The molecule has 0 bridgehead atoms. The van der Waals surface area contributed by atoms with Gasteiger partial charge in [-0.15, -0.1) is 11.3 Å². The van der Waals surface area contributed by atoms with E-state index in [1.807, 2.05) is 17.5 Å². The largest absolute Gasteiger partial charge is 0.383 e. The number of nitrogens with zero attached hydrogens (tertiary/aromatic N) is 2. The maximum atomic E-state index is 12.4. The Labute approximate surface area is 116 Å². The molecular formula is C11H15N3O3S2. The molecular weight excluding hydrogens is 286 g/mol. The Morgan fingerprint density at radius 2 is 2.32 bits per heavy atom. The van der Waals surface area contributed by atoms with Gasteiger partial charge in [-0.1, -0.05) is 6.07 Å². The molecule has 2 aromatic rings. The summed E-state index contributed by atoms with van der Waals surface area (Å²) in [6.45, 7) is 0.983. The van der Waals surface area contributed by atoms with Gasteiger partial charge in [0.2, 0.25) is 0 Å². The van der Waals surface area contributed by atoms with Crippen molar-refractivity contribution in [2.75, 3.05) is 20.3 Å². The van der Waals surface area contributed by atoms with Gasteiger partial charge in [-0.2, -0.15) is 9.40 Å². The molecule has 0 saturated carbocycles. The van der Waals surface area contributed by atoms with Gasteiger partial charge >= 0.3 is 0 Å². The third-order valence-corrected chi connectivity index (χ3v) is 5.19. The summed E-state index contributed by atoms with van der Waals surface area (Å²) < 4.78 is 31.2. The van der Waals surface area contributed by atoms with Gasteiger partial charge in [0.1, 0.15) is 0 Å². The van der Waals surface area contributed by atoms with Gasteiger partial charge < -0.3 is 4.74 Å². The Kier molecular flexibility index (Phi) is 4.70. The average Bonchev–Trinajstić information content (AvgIpc) is 3.06. The molecule has 1 N–H and O–H groups in total. The topological polar surface area (TPSA) is 75.3 Å². The van der Waals surface area contributed by atoms with Gasteiger partial charge in [0, 0.05) is 25.1 Å². The fourth-order valence-electron chi connectivity index (χ4n) is 1.58. The van der Waals surface area contributed by atoms with Gasteiger partial charge in [-0.3, -0.25) is 5.10 Å². The number of aromatic amines is 1. The van der Waals surface area contributed by atoms with Crippen LogP contribution in [-0.2, 0) is 21.3 Å². The van der Waals surface area contributed by atoms with E-state index in [1.54, 1.807) is 7.11 Å². The first-order valence-electron chi connectivity index (χ1n) is 5.65. The number of hydrogen-bond donors (Lipinski definition) is 1. The van der Waals surface area contributed by atoms with Crippen LogP contribution in [0.5, 0.6) is 0 Å². The lowest BCUT2D eigenvalue weighted by molar-refractivity contribution is 0.177. The lowest BCUT2D eigenvalue weighted by Gasteiger charge is -2.20. The minimum Gasteiger partial charge on any atom is -0.383 e. The zero-order valence-electron chi connectivity index (χ0n) is 10.4. The van der Waals surface area contributed by atoms with E-state index in [-0.39, 0.29) is 5.03 Å². The molecule has 0 aromatic carbocycles. The number of thiophene rings is 1. The first-order valence-corrected chi connectivity index (χ1v) is 7.97.